The molecule has 2 heterocycles. The summed E-state index contributed by atoms with van der Waals surface area (Å²) in [6.07, 6.45) is 1.71. The fourth-order valence-electron chi connectivity index (χ4n) is 4.77. The molecule has 1 aromatic heterocycles. The van der Waals surface area contributed by atoms with Crippen LogP contribution in [0.25, 0.3) is 0 Å². The molecule has 9 nitrogen and oxygen atoms in total. The molecule has 7 rings (SSSR count). The van der Waals surface area contributed by atoms with Crippen LogP contribution in [0, 0.1) is 0 Å². The van der Waals surface area contributed by atoms with E-state index in [1.807, 2.05) is 0 Å². The summed E-state index contributed by atoms with van der Waals surface area (Å²) in [5.74, 6) is 0.503. The molecule has 11 heteroatoms. The van der Waals surface area contributed by atoms with Gasteiger partial charge in [-0.1, -0.05) is 0 Å². The third-order valence-corrected chi connectivity index (χ3v) is 6.23. The van der Waals surface area contributed by atoms with Gasteiger partial charge in [0.1, 0.15) is 5.75 Å². The molecule has 2 bridgehead atoms. The van der Waals surface area contributed by atoms with Gasteiger partial charge in [-0.25, -0.2) is 4.98 Å². The Morgan fingerprint density at radius 3 is 2.56 bits per heavy atom. The Morgan fingerprint density at radius 1 is 1.09 bits per heavy atom. The maximum Gasteiger partial charge on any atom is 0.586 e. The molecule has 2 amide bonds. The second kappa shape index (κ2) is 6.33. The fourth-order valence-corrected chi connectivity index (χ4v) is 4.77. The van der Waals surface area contributed by atoms with Crippen molar-refractivity contribution in [1.82, 2.24) is 15.6 Å². The van der Waals surface area contributed by atoms with E-state index in [9.17, 15) is 18.4 Å². The van der Waals surface area contributed by atoms with E-state index in [4.69, 9.17) is 9.15 Å². The van der Waals surface area contributed by atoms with Crippen LogP contribution in [-0.4, -0.2) is 40.8 Å². The van der Waals surface area contributed by atoms with Crippen LogP contribution < -0.4 is 24.8 Å². The van der Waals surface area contributed by atoms with E-state index < -0.39 is 6.29 Å². The lowest BCUT2D eigenvalue weighted by molar-refractivity contribution is -0.286. The van der Waals surface area contributed by atoms with Crippen LogP contribution in [0.15, 0.2) is 28.8 Å². The highest BCUT2D eigenvalue weighted by Gasteiger charge is 2.69. The highest BCUT2D eigenvalue weighted by atomic mass is 19.3. The quantitative estimate of drug-likeness (QED) is 0.671. The Labute approximate surface area is 180 Å². The Balaban J connectivity index is 0.972. The van der Waals surface area contributed by atoms with Crippen molar-refractivity contribution in [2.45, 2.75) is 55.4 Å². The maximum absolute atomic E-state index is 13.1. The third-order valence-electron chi connectivity index (χ3n) is 6.23. The normalized spacial score (nSPS) is 28.3. The molecule has 168 valence electrons. The zero-order valence-electron chi connectivity index (χ0n) is 16.8. The van der Waals surface area contributed by atoms with Crippen molar-refractivity contribution in [3.63, 3.8) is 0 Å². The number of carbonyl (C=O) groups is 2. The summed E-state index contributed by atoms with van der Waals surface area (Å²) in [5.41, 5.74) is -0.689. The minimum Gasteiger partial charge on any atom is -0.484 e. The second-order valence-corrected chi connectivity index (χ2v) is 9.00. The number of nitrogens with one attached hydrogen (secondary N) is 2. The zero-order chi connectivity index (χ0) is 22.1. The number of aromatic nitrogens is 1. The molecule has 4 saturated carbocycles. The SMILES string of the molecule is O=C(COc1ccc2c(c1)OC(F)(F)O2)NC12CC(NC(=O)c3cnc(C4CC4)o3)(C1)C2. The lowest BCUT2D eigenvalue weighted by Crippen LogP contribution is -2.84. The van der Waals surface area contributed by atoms with E-state index in [-0.39, 0.29) is 52.5 Å². The average molecular weight is 447 g/mol. The third kappa shape index (κ3) is 3.32. The van der Waals surface area contributed by atoms with Gasteiger partial charge in [0.25, 0.3) is 11.8 Å². The van der Waals surface area contributed by atoms with Gasteiger partial charge in [-0.05, 0) is 44.2 Å². The van der Waals surface area contributed by atoms with Gasteiger partial charge >= 0.3 is 6.29 Å². The number of benzene rings is 1. The number of oxazole rings is 1. The lowest BCUT2D eigenvalue weighted by Gasteiger charge is -2.70. The van der Waals surface area contributed by atoms with E-state index in [0.29, 0.717) is 31.1 Å². The molecular formula is C21H19F2N3O6. The minimum absolute atomic E-state index is 0.0953. The molecule has 4 aliphatic carbocycles. The number of hydrogen-bond donors (Lipinski definition) is 2. The van der Waals surface area contributed by atoms with Crippen LogP contribution in [-0.2, 0) is 4.79 Å². The predicted octanol–water partition coefficient (Wildman–Crippen LogP) is 2.47. The summed E-state index contributed by atoms with van der Waals surface area (Å²) in [6, 6.07) is 3.95. The van der Waals surface area contributed by atoms with E-state index in [0.717, 1.165) is 12.8 Å². The van der Waals surface area contributed by atoms with Crippen molar-refractivity contribution < 1.29 is 37.0 Å². The Morgan fingerprint density at radius 2 is 1.81 bits per heavy atom. The highest BCUT2D eigenvalue weighted by Crippen LogP contribution is 2.60. The van der Waals surface area contributed by atoms with Gasteiger partial charge in [0.15, 0.2) is 24.0 Å². The number of alkyl halides is 2. The first kappa shape index (κ1) is 19.3. The molecule has 2 aromatic rings. The van der Waals surface area contributed by atoms with Crippen molar-refractivity contribution in [3.05, 3.63) is 36.0 Å². The van der Waals surface area contributed by atoms with Gasteiger partial charge in [-0.3, -0.25) is 9.59 Å². The molecular weight excluding hydrogens is 428 g/mol. The van der Waals surface area contributed by atoms with Crippen molar-refractivity contribution in [1.29, 1.82) is 0 Å². The summed E-state index contributed by atoms with van der Waals surface area (Å²) in [7, 11) is 0. The molecule has 1 aromatic carbocycles. The maximum atomic E-state index is 13.1. The Bertz CT molecular complexity index is 1110. The highest BCUT2D eigenvalue weighted by molar-refractivity contribution is 5.92. The number of fused-ring (bicyclic) bond motifs is 1. The first-order valence-corrected chi connectivity index (χ1v) is 10.3. The van der Waals surface area contributed by atoms with Gasteiger partial charge in [0.2, 0.25) is 5.76 Å². The summed E-state index contributed by atoms with van der Waals surface area (Å²) >= 11 is 0. The number of amides is 2. The lowest BCUT2D eigenvalue weighted by atomic mass is 9.44. The van der Waals surface area contributed by atoms with Crippen LogP contribution in [0.1, 0.15) is 54.5 Å². The van der Waals surface area contributed by atoms with Crippen molar-refractivity contribution in [2.75, 3.05) is 6.61 Å². The van der Waals surface area contributed by atoms with E-state index >= 15 is 0 Å². The van der Waals surface area contributed by atoms with Gasteiger partial charge < -0.3 is 29.3 Å². The zero-order valence-corrected chi connectivity index (χ0v) is 16.8. The average Bonchev–Trinajstić information content (AvgIpc) is 3.31. The summed E-state index contributed by atoms with van der Waals surface area (Å²) in [4.78, 5) is 28.9. The molecule has 5 aliphatic rings. The predicted molar refractivity (Wildman–Crippen MR) is 102 cm³/mol. The van der Waals surface area contributed by atoms with Crippen LogP contribution in [0.2, 0.25) is 0 Å². The number of rotatable bonds is 7. The van der Waals surface area contributed by atoms with Gasteiger partial charge in [-0.15, -0.1) is 8.78 Å². The smallest absolute Gasteiger partial charge is 0.484 e. The van der Waals surface area contributed by atoms with Gasteiger partial charge in [0.05, 0.1) is 6.20 Å². The van der Waals surface area contributed by atoms with Crippen LogP contribution in [0.5, 0.6) is 17.2 Å². The van der Waals surface area contributed by atoms with Gasteiger partial charge in [0, 0.05) is 23.1 Å². The second-order valence-electron chi connectivity index (χ2n) is 9.00. The van der Waals surface area contributed by atoms with Crippen LogP contribution >= 0.6 is 0 Å². The summed E-state index contributed by atoms with van der Waals surface area (Å²) in [5, 5.41) is 5.92. The Kier molecular flexibility index (Phi) is 3.82. The molecule has 4 fully saturated rings. The molecule has 0 unspecified atom stereocenters. The first-order valence-electron chi connectivity index (χ1n) is 10.3. The van der Waals surface area contributed by atoms with Crippen molar-refractivity contribution in [2.24, 2.45) is 0 Å². The molecule has 1 aliphatic heterocycles. The van der Waals surface area contributed by atoms with E-state index in [1.165, 1.54) is 24.4 Å². The number of hydrogen-bond acceptors (Lipinski definition) is 7. The monoisotopic (exact) mass is 447 g/mol. The minimum atomic E-state index is -3.71. The largest absolute Gasteiger partial charge is 0.586 e. The van der Waals surface area contributed by atoms with Crippen LogP contribution in [0.4, 0.5) is 8.78 Å². The first-order chi connectivity index (χ1) is 15.2. The number of ether oxygens (including phenoxy) is 3. The standard InChI is InChI=1S/C21H19F2N3O6/c22-21(23)31-13-4-3-12(5-14(13)32-21)29-7-16(27)25-19-8-20(9-19,10-19)26-17(28)15-6-24-18(30-15)11-1-2-11/h3-6,11H,1-2,7-10H2,(H,25,27)(H,26,28). The number of halogens is 2. The molecule has 2 N–H and O–H groups in total. The molecule has 0 atom stereocenters. The summed E-state index contributed by atoms with van der Waals surface area (Å²) < 4.78 is 45.8. The van der Waals surface area contributed by atoms with E-state index in [2.05, 4.69) is 25.1 Å². The van der Waals surface area contributed by atoms with Crippen molar-refractivity contribution in [3.8, 4) is 17.2 Å². The number of carbonyl (C=O) groups excluding carboxylic acids is 2. The summed E-state index contributed by atoms with van der Waals surface area (Å²) in [6.45, 7) is -0.279. The molecule has 32 heavy (non-hydrogen) atoms. The topological polar surface area (TPSA) is 112 Å². The molecule has 0 spiro atoms. The number of nitrogens with zero attached hydrogens (tertiary/aromatic N) is 1. The van der Waals surface area contributed by atoms with Crippen molar-refractivity contribution >= 4 is 11.8 Å². The fraction of sp³-hybridized carbons (Fsp3) is 0.476. The van der Waals surface area contributed by atoms with Gasteiger partial charge in [-0.2, -0.15) is 0 Å². The molecule has 0 radical (unpaired) electrons. The van der Waals surface area contributed by atoms with Crippen LogP contribution in [0.3, 0.4) is 0 Å². The van der Waals surface area contributed by atoms with E-state index in [1.54, 1.807) is 0 Å². The molecule has 0 saturated heterocycles. The Hall–Kier alpha value is -3.37.